The minimum absolute atomic E-state index is 0.0659. The van der Waals surface area contributed by atoms with Gasteiger partial charge < -0.3 is 10.0 Å². The lowest BCUT2D eigenvalue weighted by Crippen LogP contribution is -2.33. The molecule has 1 atom stereocenters. The van der Waals surface area contributed by atoms with Crippen molar-refractivity contribution < 1.29 is 19.2 Å². The summed E-state index contributed by atoms with van der Waals surface area (Å²) < 4.78 is 13.7. The van der Waals surface area contributed by atoms with Gasteiger partial charge in [-0.2, -0.15) is 0 Å². The normalized spacial score (nSPS) is 12.3. The molecule has 1 rings (SSSR count). The van der Waals surface area contributed by atoms with E-state index in [1.807, 2.05) is 20.8 Å². The Balaban J connectivity index is 3.42. The predicted molar refractivity (Wildman–Crippen MR) is 72.7 cm³/mol. The van der Waals surface area contributed by atoms with E-state index in [-0.39, 0.29) is 17.6 Å². The second-order valence-electron chi connectivity index (χ2n) is 4.98. The van der Waals surface area contributed by atoms with Gasteiger partial charge in [-0.25, -0.2) is 9.18 Å². The summed E-state index contributed by atoms with van der Waals surface area (Å²) >= 11 is 0. The maximum atomic E-state index is 13.7. The van der Waals surface area contributed by atoms with Gasteiger partial charge in [0.15, 0.2) is 0 Å². The van der Waals surface area contributed by atoms with Gasteiger partial charge >= 0.3 is 5.97 Å². The standard InChI is InChI=1S/C13H17FN2O4/c1-7(2)8(3)15(4)11-6-10(14)9(13(17)18)5-12(11)16(19)20/h5-8H,1-4H3,(H,17,18). The number of aromatic carboxylic acids is 1. The third-order valence-corrected chi connectivity index (χ3v) is 3.45. The Morgan fingerprint density at radius 3 is 2.35 bits per heavy atom. The zero-order chi connectivity index (χ0) is 15.6. The number of hydrogen-bond acceptors (Lipinski definition) is 4. The van der Waals surface area contributed by atoms with E-state index in [4.69, 9.17) is 5.11 Å². The first-order chi connectivity index (χ1) is 9.16. The van der Waals surface area contributed by atoms with Gasteiger partial charge in [0.05, 0.1) is 4.92 Å². The summed E-state index contributed by atoms with van der Waals surface area (Å²) in [4.78, 5) is 22.8. The van der Waals surface area contributed by atoms with Crippen LogP contribution in [0.4, 0.5) is 15.8 Å². The quantitative estimate of drug-likeness (QED) is 0.664. The predicted octanol–water partition coefficient (Wildman–Crippen LogP) is 2.91. The fourth-order valence-electron chi connectivity index (χ4n) is 1.81. The van der Waals surface area contributed by atoms with E-state index in [9.17, 15) is 19.3 Å². The molecule has 1 aromatic rings. The summed E-state index contributed by atoms with van der Waals surface area (Å²) in [5, 5.41) is 19.9. The first-order valence-corrected chi connectivity index (χ1v) is 6.10. The molecular formula is C13H17FN2O4. The number of carbonyl (C=O) groups is 1. The second kappa shape index (κ2) is 5.85. The monoisotopic (exact) mass is 284 g/mol. The summed E-state index contributed by atoms with van der Waals surface area (Å²) in [6.07, 6.45) is 0. The van der Waals surface area contributed by atoms with Gasteiger partial charge in [0.25, 0.3) is 5.69 Å². The van der Waals surface area contributed by atoms with Crippen molar-refractivity contribution in [1.82, 2.24) is 0 Å². The third kappa shape index (κ3) is 3.04. The van der Waals surface area contributed by atoms with Crippen molar-refractivity contribution in [2.75, 3.05) is 11.9 Å². The van der Waals surface area contributed by atoms with Crippen LogP contribution in [0.15, 0.2) is 12.1 Å². The van der Waals surface area contributed by atoms with E-state index in [1.54, 1.807) is 11.9 Å². The van der Waals surface area contributed by atoms with Gasteiger partial charge in [-0.15, -0.1) is 0 Å². The summed E-state index contributed by atoms with van der Waals surface area (Å²) in [6, 6.07) is 1.60. The lowest BCUT2D eigenvalue weighted by Gasteiger charge is -2.29. The maximum Gasteiger partial charge on any atom is 0.338 e. The fourth-order valence-corrected chi connectivity index (χ4v) is 1.81. The van der Waals surface area contributed by atoms with Crippen LogP contribution in [0.2, 0.25) is 0 Å². The number of rotatable bonds is 5. The Kier molecular flexibility index (Phi) is 4.65. The van der Waals surface area contributed by atoms with Crippen LogP contribution in [-0.2, 0) is 0 Å². The summed E-state index contributed by atoms with van der Waals surface area (Å²) in [5.74, 6) is -2.32. The topological polar surface area (TPSA) is 83.7 Å². The largest absolute Gasteiger partial charge is 0.478 e. The van der Waals surface area contributed by atoms with Crippen LogP contribution >= 0.6 is 0 Å². The van der Waals surface area contributed by atoms with Crippen molar-refractivity contribution in [1.29, 1.82) is 0 Å². The van der Waals surface area contributed by atoms with Crippen molar-refractivity contribution in [2.45, 2.75) is 26.8 Å². The number of halogens is 1. The van der Waals surface area contributed by atoms with Crippen LogP contribution in [-0.4, -0.2) is 29.1 Å². The molecule has 1 N–H and O–H groups in total. The molecule has 7 heteroatoms. The molecule has 0 radical (unpaired) electrons. The molecule has 0 spiro atoms. The Morgan fingerprint density at radius 1 is 1.40 bits per heavy atom. The number of nitrogens with zero attached hydrogens (tertiary/aromatic N) is 2. The molecule has 0 aliphatic rings. The Labute approximate surface area is 116 Å². The van der Waals surface area contributed by atoms with Crippen LogP contribution in [0.25, 0.3) is 0 Å². The van der Waals surface area contributed by atoms with Crippen LogP contribution < -0.4 is 4.90 Å². The molecule has 0 saturated heterocycles. The number of nitro groups is 1. The Morgan fingerprint density at radius 2 is 1.95 bits per heavy atom. The molecular weight excluding hydrogens is 267 g/mol. The summed E-state index contributed by atoms with van der Waals surface area (Å²) in [6.45, 7) is 5.74. The highest BCUT2D eigenvalue weighted by Crippen LogP contribution is 2.32. The average Bonchev–Trinajstić information content (AvgIpc) is 2.35. The lowest BCUT2D eigenvalue weighted by atomic mass is 10.0. The second-order valence-corrected chi connectivity index (χ2v) is 4.98. The highest BCUT2D eigenvalue weighted by atomic mass is 19.1. The van der Waals surface area contributed by atoms with Crippen molar-refractivity contribution in [3.8, 4) is 0 Å². The fraction of sp³-hybridized carbons (Fsp3) is 0.462. The number of hydrogen-bond donors (Lipinski definition) is 1. The van der Waals surface area contributed by atoms with E-state index in [0.29, 0.717) is 0 Å². The molecule has 6 nitrogen and oxygen atoms in total. The molecule has 0 aliphatic carbocycles. The van der Waals surface area contributed by atoms with Crippen LogP contribution in [0, 0.1) is 21.8 Å². The molecule has 0 heterocycles. The number of benzene rings is 1. The molecule has 0 bridgehead atoms. The minimum atomic E-state index is -1.53. The van der Waals surface area contributed by atoms with Crippen LogP contribution in [0.3, 0.4) is 0 Å². The SMILES string of the molecule is CC(C)C(C)N(C)c1cc(F)c(C(=O)O)cc1[N+](=O)[O-]. The molecule has 0 fully saturated rings. The number of anilines is 1. The number of carboxylic acids is 1. The highest BCUT2D eigenvalue weighted by molar-refractivity contribution is 5.90. The molecule has 20 heavy (non-hydrogen) atoms. The Bertz CT molecular complexity index is 545. The van der Waals surface area contributed by atoms with Gasteiger partial charge in [0.1, 0.15) is 17.1 Å². The minimum Gasteiger partial charge on any atom is -0.478 e. The first-order valence-electron chi connectivity index (χ1n) is 6.10. The van der Waals surface area contributed by atoms with E-state index in [1.165, 1.54) is 0 Å². The molecule has 1 unspecified atom stereocenters. The van der Waals surface area contributed by atoms with E-state index >= 15 is 0 Å². The smallest absolute Gasteiger partial charge is 0.338 e. The Hall–Kier alpha value is -2.18. The molecule has 1 aromatic carbocycles. The van der Waals surface area contributed by atoms with Gasteiger partial charge in [-0.05, 0) is 12.8 Å². The van der Waals surface area contributed by atoms with E-state index in [0.717, 1.165) is 12.1 Å². The van der Waals surface area contributed by atoms with Crippen molar-refractivity contribution in [3.63, 3.8) is 0 Å². The van der Waals surface area contributed by atoms with E-state index < -0.39 is 28.0 Å². The van der Waals surface area contributed by atoms with Crippen molar-refractivity contribution in [3.05, 3.63) is 33.6 Å². The van der Waals surface area contributed by atoms with Crippen LogP contribution in [0.1, 0.15) is 31.1 Å². The number of nitro benzene ring substituents is 1. The first kappa shape index (κ1) is 15.9. The molecule has 0 amide bonds. The summed E-state index contributed by atoms with van der Waals surface area (Å²) in [5.41, 5.74) is -1.05. The van der Waals surface area contributed by atoms with Gasteiger partial charge in [0, 0.05) is 25.2 Å². The van der Waals surface area contributed by atoms with Gasteiger partial charge in [-0.3, -0.25) is 10.1 Å². The molecule has 0 aliphatic heterocycles. The van der Waals surface area contributed by atoms with E-state index in [2.05, 4.69) is 0 Å². The highest BCUT2D eigenvalue weighted by Gasteiger charge is 2.26. The molecule has 0 saturated carbocycles. The average molecular weight is 284 g/mol. The molecule has 110 valence electrons. The summed E-state index contributed by atoms with van der Waals surface area (Å²) in [7, 11) is 1.62. The maximum absolute atomic E-state index is 13.7. The lowest BCUT2D eigenvalue weighted by molar-refractivity contribution is -0.384. The van der Waals surface area contributed by atoms with Gasteiger partial charge in [0.2, 0.25) is 0 Å². The van der Waals surface area contributed by atoms with Crippen LogP contribution in [0.5, 0.6) is 0 Å². The number of carboxylic acid groups (broad SMARTS) is 1. The third-order valence-electron chi connectivity index (χ3n) is 3.45. The zero-order valence-electron chi connectivity index (χ0n) is 11.8. The zero-order valence-corrected chi connectivity index (χ0v) is 11.8. The van der Waals surface area contributed by atoms with Gasteiger partial charge in [-0.1, -0.05) is 13.8 Å². The van der Waals surface area contributed by atoms with Crippen molar-refractivity contribution >= 4 is 17.3 Å². The molecule has 0 aromatic heterocycles. The van der Waals surface area contributed by atoms with Crippen molar-refractivity contribution in [2.24, 2.45) is 5.92 Å².